The Balaban J connectivity index is 1.85. The van der Waals surface area contributed by atoms with Crippen molar-refractivity contribution in [3.05, 3.63) is 51.2 Å². The first-order valence-electron chi connectivity index (χ1n) is 9.80. The van der Waals surface area contributed by atoms with Crippen LogP contribution in [-0.2, 0) is 13.6 Å². The van der Waals surface area contributed by atoms with E-state index in [-0.39, 0.29) is 24.3 Å². The Morgan fingerprint density at radius 3 is 2.72 bits per heavy atom. The molecular formula is C20H27N5O4. The van der Waals surface area contributed by atoms with Gasteiger partial charge in [0.1, 0.15) is 18.5 Å². The molecule has 29 heavy (non-hydrogen) atoms. The van der Waals surface area contributed by atoms with E-state index in [0.29, 0.717) is 18.2 Å². The smallest absolute Gasteiger partial charge is 0.329 e. The highest BCUT2D eigenvalue weighted by Crippen LogP contribution is 2.17. The van der Waals surface area contributed by atoms with E-state index in [1.54, 1.807) is 23.7 Å². The molecule has 9 heteroatoms. The highest BCUT2D eigenvalue weighted by atomic mass is 16.5. The van der Waals surface area contributed by atoms with E-state index in [0.717, 1.165) is 19.3 Å². The maximum atomic E-state index is 12.5. The summed E-state index contributed by atoms with van der Waals surface area (Å²) in [5.74, 6) is 1.10. The van der Waals surface area contributed by atoms with Crippen molar-refractivity contribution >= 4 is 17.1 Å². The highest BCUT2D eigenvalue weighted by Gasteiger charge is 2.19. The fourth-order valence-corrected chi connectivity index (χ4v) is 3.10. The lowest BCUT2D eigenvalue weighted by Crippen LogP contribution is -2.31. The molecule has 0 saturated carbocycles. The molecule has 3 N–H and O–H groups in total. The SMILES string of the molecule is CCCCCNc1nc2c(c(=O)[nH]c(=O)n2C)n1C[C@H](O)COc1ccccc1. The number of nitrogens with one attached hydrogen (secondary N) is 2. The Bertz CT molecular complexity index is 1050. The summed E-state index contributed by atoms with van der Waals surface area (Å²) < 4.78 is 8.51. The van der Waals surface area contributed by atoms with Gasteiger partial charge in [0, 0.05) is 13.6 Å². The van der Waals surface area contributed by atoms with Crippen LogP contribution in [0.3, 0.4) is 0 Å². The number of aryl methyl sites for hydroxylation is 1. The maximum Gasteiger partial charge on any atom is 0.329 e. The number of hydrogen-bond acceptors (Lipinski definition) is 6. The van der Waals surface area contributed by atoms with Crippen molar-refractivity contribution in [3.63, 3.8) is 0 Å². The molecule has 0 aliphatic heterocycles. The van der Waals surface area contributed by atoms with Crippen LogP contribution in [0.5, 0.6) is 5.75 Å². The summed E-state index contributed by atoms with van der Waals surface area (Å²) in [6.07, 6.45) is 2.23. The monoisotopic (exact) mass is 401 g/mol. The first-order valence-corrected chi connectivity index (χ1v) is 9.80. The van der Waals surface area contributed by atoms with Crippen molar-refractivity contribution in [2.75, 3.05) is 18.5 Å². The van der Waals surface area contributed by atoms with Gasteiger partial charge in [0.25, 0.3) is 5.56 Å². The Morgan fingerprint density at radius 2 is 2.00 bits per heavy atom. The number of anilines is 1. The third-order valence-corrected chi connectivity index (χ3v) is 4.65. The number of aromatic nitrogens is 4. The topological polar surface area (TPSA) is 114 Å². The van der Waals surface area contributed by atoms with Gasteiger partial charge in [-0.05, 0) is 18.6 Å². The minimum Gasteiger partial charge on any atom is -0.491 e. The largest absolute Gasteiger partial charge is 0.491 e. The number of imidazole rings is 1. The van der Waals surface area contributed by atoms with Crippen molar-refractivity contribution in [2.45, 2.75) is 38.8 Å². The molecule has 0 saturated heterocycles. The summed E-state index contributed by atoms with van der Waals surface area (Å²) in [6.45, 7) is 2.95. The van der Waals surface area contributed by atoms with Crippen LogP contribution in [0.25, 0.3) is 11.2 Å². The summed E-state index contributed by atoms with van der Waals surface area (Å²) in [6, 6.07) is 9.20. The Hall–Kier alpha value is -3.07. The van der Waals surface area contributed by atoms with Crippen molar-refractivity contribution in [1.82, 2.24) is 19.1 Å². The number of nitrogens with zero attached hydrogens (tertiary/aromatic N) is 3. The van der Waals surface area contributed by atoms with E-state index in [4.69, 9.17) is 4.74 Å². The molecule has 9 nitrogen and oxygen atoms in total. The van der Waals surface area contributed by atoms with Crippen LogP contribution in [0.1, 0.15) is 26.2 Å². The second-order valence-electron chi connectivity index (χ2n) is 6.95. The van der Waals surface area contributed by atoms with Crippen LogP contribution in [0.4, 0.5) is 5.95 Å². The second-order valence-corrected chi connectivity index (χ2v) is 6.95. The van der Waals surface area contributed by atoms with Crippen LogP contribution in [0, 0.1) is 0 Å². The third-order valence-electron chi connectivity index (χ3n) is 4.65. The number of hydrogen-bond donors (Lipinski definition) is 3. The van der Waals surface area contributed by atoms with Gasteiger partial charge in [-0.1, -0.05) is 38.0 Å². The third kappa shape index (κ3) is 4.86. The molecule has 156 valence electrons. The van der Waals surface area contributed by atoms with Gasteiger partial charge in [0.05, 0.1) is 6.54 Å². The molecule has 0 unspecified atom stereocenters. The van der Waals surface area contributed by atoms with E-state index in [2.05, 4.69) is 22.2 Å². The number of H-pyrrole nitrogens is 1. The summed E-state index contributed by atoms with van der Waals surface area (Å²) >= 11 is 0. The summed E-state index contributed by atoms with van der Waals surface area (Å²) in [5.41, 5.74) is -0.553. The normalized spacial score (nSPS) is 12.2. The number of aromatic amines is 1. The zero-order chi connectivity index (χ0) is 20.8. The number of fused-ring (bicyclic) bond motifs is 1. The zero-order valence-corrected chi connectivity index (χ0v) is 16.7. The predicted octanol–water partition coefficient (Wildman–Crippen LogP) is 1.47. The number of rotatable bonds is 10. The standard InChI is InChI=1S/C20H27N5O4/c1-3-4-8-11-21-19-22-17-16(18(27)23-20(28)24(17)2)25(19)12-14(26)13-29-15-9-6-5-7-10-15/h5-7,9-10,14,26H,3-4,8,11-13H2,1-2H3,(H,21,22)(H,23,27,28)/t14-/m0/s1. The molecule has 2 heterocycles. The first-order chi connectivity index (χ1) is 14.0. The van der Waals surface area contributed by atoms with Crippen LogP contribution >= 0.6 is 0 Å². The highest BCUT2D eigenvalue weighted by molar-refractivity contribution is 5.74. The number of aliphatic hydroxyl groups excluding tert-OH is 1. The van der Waals surface area contributed by atoms with Gasteiger partial charge in [-0.15, -0.1) is 0 Å². The van der Waals surface area contributed by atoms with Crippen LogP contribution in [-0.4, -0.2) is 43.5 Å². The number of benzene rings is 1. The molecule has 0 fully saturated rings. The molecule has 2 aromatic heterocycles. The van der Waals surface area contributed by atoms with E-state index < -0.39 is 17.4 Å². The molecule has 0 bridgehead atoms. The van der Waals surface area contributed by atoms with Crippen molar-refractivity contribution < 1.29 is 9.84 Å². The fourth-order valence-electron chi connectivity index (χ4n) is 3.10. The van der Waals surface area contributed by atoms with Crippen molar-refractivity contribution in [2.24, 2.45) is 7.05 Å². The average molecular weight is 401 g/mol. The Labute approximate surface area is 168 Å². The van der Waals surface area contributed by atoms with Crippen LogP contribution < -0.4 is 21.3 Å². The Kier molecular flexibility index (Phi) is 6.71. The number of ether oxygens (including phenoxy) is 1. The summed E-state index contributed by atoms with van der Waals surface area (Å²) in [5, 5.41) is 13.7. The lowest BCUT2D eigenvalue weighted by atomic mass is 10.2. The van der Waals surface area contributed by atoms with Crippen molar-refractivity contribution in [3.8, 4) is 5.75 Å². The summed E-state index contributed by atoms with van der Waals surface area (Å²) in [4.78, 5) is 31.1. The molecule has 0 amide bonds. The average Bonchev–Trinajstić information content (AvgIpc) is 3.07. The van der Waals surface area contributed by atoms with Gasteiger partial charge < -0.3 is 19.7 Å². The fraction of sp³-hybridized carbons (Fsp3) is 0.450. The molecule has 0 aliphatic carbocycles. The van der Waals surface area contributed by atoms with Crippen LogP contribution in [0.2, 0.25) is 0 Å². The molecule has 1 atom stereocenters. The van der Waals surface area contributed by atoms with Crippen molar-refractivity contribution in [1.29, 1.82) is 0 Å². The molecule has 3 aromatic rings. The molecule has 1 aromatic carbocycles. The molecule has 0 spiro atoms. The molecule has 3 rings (SSSR count). The van der Waals surface area contributed by atoms with E-state index >= 15 is 0 Å². The molecule has 0 aliphatic rings. The summed E-state index contributed by atoms with van der Waals surface area (Å²) in [7, 11) is 1.55. The number of para-hydroxylation sites is 1. The molecular weight excluding hydrogens is 374 g/mol. The van der Waals surface area contributed by atoms with Gasteiger partial charge >= 0.3 is 5.69 Å². The van der Waals surface area contributed by atoms with Crippen LogP contribution in [0.15, 0.2) is 39.9 Å². The second kappa shape index (κ2) is 9.42. The minimum absolute atomic E-state index is 0.0582. The maximum absolute atomic E-state index is 12.5. The number of unbranched alkanes of at least 4 members (excludes halogenated alkanes) is 2. The van der Waals surface area contributed by atoms with E-state index in [1.165, 1.54) is 4.57 Å². The van der Waals surface area contributed by atoms with Gasteiger partial charge in [0.2, 0.25) is 5.95 Å². The minimum atomic E-state index is -0.875. The van der Waals surface area contributed by atoms with Gasteiger partial charge in [-0.3, -0.25) is 14.3 Å². The van der Waals surface area contributed by atoms with E-state index in [9.17, 15) is 14.7 Å². The quantitative estimate of drug-likeness (QED) is 0.443. The lowest BCUT2D eigenvalue weighted by Gasteiger charge is -2.16. The Morgan fingerprint density at radius 1 is 1.24 bits per heavy atom. The van der Waals surface area contributed by atoms with Gasteiger partial charge in [0.15, 0.2) is 11.2 Å². The first kappa shape index (κ1) is 20.7. The van der Waals surface area contributed by atoms with E-state index in [1.807, 2.05) is 18.2 Å². The lowest BCUT2D eigenvalue weighted by molar-refractivity contribution is 0.0938. The predicted molar refractivity (Wildman–Crippen MR) is 112 cm³/mol. The zero-order valence-electron chi connectivity index (χ0n) is 16.7. The van der Waals surface area contributed by atoms with Gasteiger partial charge in [-0.25, -0.2) is 4.79 Å². The molecule has 0 radical (unpaired) electrons. The number of aliphatic hydroxyl groups is 1. The van der Waals surface area contributed by atoms with Gasteiger partial charge in [-0.2, -0.15) is 4.98 Å².